The summed E-state index contributed by atoms with van der Waals surface area (Å²) in [5, 5.41) is 9.72. The number of rotatable bonds is 6. The molecule has 1 aromatic rings. The van der Waals surface area contributed by atoms with Crippen molar-refractivity contribution in [3.8, 4) is 5.75 Å². The summed E-state index contributed by atoms with van der Waals surface area (Å²) in [4.78, 5) is 0. The van der Waals surface area contributed by atoms with E-state index in [2.05, 4.69) is 26.0 Å². The van der Waals surface area contributed by atoms with Gasteiger partial charge >= 0.3 is 0 Å². The van der Waals surface area contributed by atoms with E-state index in [0.717, 1.165) is 12.2 Å². The van der Waals surface area contributed by atoms with Gasteiger partial charge in [0.1, 0.15) is 5.75 Å². The number of aryl methyl sites for hydroxylation is 1. The van der Waals surface area contributed by atoms with Crippen molar-refractivity contribution in [2.45, 2.75) is 51.7 Å². The number of hydrogen-bond donors (Lipinski definition) is 2. The molecule has 0 saturated carbocycles. The predicted molar refractivity (Wildman–Crippen MR) is 75.1 cm³/mol. The largest absolute Gasteiger partial charge is 0.496 e. The van der Waals surface area contributed by atoms with Gasteiger partial charge in [-0.3, -0.25) is 0 Å². The summed E-state index contributed by atoms with van der Waals surface area (Å²) in [6.45, 7) is 6.13. The average molecular weight is 251 g/mol. The highest BCUT2D eigenvalue weighted by Gasteiger charge is 2.12. The van der Waals surface area contributed by atoms with E-state index in [9.17, 15) is 5.11 Å². The molecule has 18 heavy (non-hydrogen) atoms. The predicted octanol–water partition coefficient (Wildman–Crippen LogP) is 2.46. The molecular formula is C15H25NO2. The molecule has 0 bridgehead atoms. The summed E-state index contributed by atoms with van der Waals surface area (Å²) in [5.41, 5.74) is 8.09. The Kier molecular flexibility index (Phi) is 5.63. The molecule has 2 atom stereocenters. The van der Waals surface area contributed by atoms with E-state index >= 15 is 0 Å². The Morgan fingerprint density at radius 1 is 1.28 bits per heavy atom. The highest BCUT2D eigenvalue weighted by Crippen LogP contribution is 2.27. The second-order valence-corrected chi connectivity index (χ2v) is 5.20. The molecule has 0 amide bonds. The van der Waals surface area contributed by atoms with Crippen molar-refractivity contribution in [2.75, 3.05) is 7.11 Å². The fraction of sp³-hybridized carbons (Fsp3) is 0.600. The average Bonchev–Trinajstić information content (AvgIpc) is 2.35. The normalized spacial score (nSPS) is 14.6. The van der Waals surface area contributed by atoms with E-state index in [1.165, 1.54) is 11.1 Å². The zero-order chi connectivity index (χ0) is 13.7. The Balaban J connectivity index is 2.76. The van der Waals surface area contributed by atoms with Crippen LogP contribution in [0.5, 0.6) is 5.75 Å². The molecule has 2 unspecified atom stereocenters. The molecule has 0 radical (unpaired) electrons. The van der Waals surface area contributed by atoms with Crippen molar-refractivity contribution in [1.29, 1.82) is 0 Å². The lowest BCUT2D eigenvalue weighted by Gasteiger charge is -2.16. The van der Waals surface area contributed by atoms with Crippen molar-refractivity contribution in [2.24, 2.45) is 5.73 Å². The lowest BCUT2D eigenvalue weighted by Crippen LogP contribution is -2.31. The first kappa shape index (κ1) is 15.0. The van der Waals surface area contributed by atoms with Gasteiger partial charge in [0.25, 0.3) is 0 Å². The molecule has 3 nitrogen and oxygen atoms in total. The maximum Gasteiger partial charge on any atom is 0.122 e. The Hall–Kier alpha value is -1.06. The Labute approximate surface area is 110 Å². The topological polar surface area (TPSA) is 55.5 Å². The Morgan fingerprint density at radius 3 is 2.44 bits per heavy atom. The van der Waals surface area contributed by atoms with Crippen molar-refractivity contribution in [1.82, 2.24) is 0 Å². The molecule has 0 aliphatic carbocycles. The first-order chi connectivity index (χ1) is 8.45. The Bertz CT molecular complexity index is 375. The Morgan fingerprint density at radius 2 is 1.94 bits per heavy atom. The summed E-state index contributed by atoms with van der Waals surface area (Å²) in [6.07, 6.45) is 1.10. The van der Waals surface area contributed by atoms with Crippen LogP contribution < -0.4 is 10.5 Å². The van der Waals surface area contributed by atoms with Crippen molar-refractivity contribution in [3.63, 3.8) is 0 Å². The number of benzene rings is 1. The van der Waals surface area contributed by atoms with E-state index in [0.29, 0.717) is 12.3 Å². The van der Waals surface area contributed by atoms with Crippen LogP contribution in [0.25, 0.3) is 0 Å². The SMILES string of the molecule is COc1ccc(CCC(O)C(C)N)cc1C(C)C. The first-order valence-corrected chi connectivity index (χ1v) is 6.56. The number of aliphatic hydroxyl groups excluding tert-OH is 1. The van der Waals surface area contributed by atoms with Gasteiger partial charge in [-0.25, -0.2) is 0 Å². The minimum Gasteiger partial charge on any atom is -0.496 e. The zero-order valence-electron chi connectivity index (χ0n) is 11.8. The number of methoxy groups -OCH3 is 1. The van der Waals surface area contributed by atoms with Crippen LogP contribution in [0.2, 0.25) is 0 Å². The van der Waals surface area contributed by atoms with Crippen LogP contribution in [0.1, 0.15) is 44.2 Å². The molecular weight excluding hydrogens is 226 g/mol. The van der Waals surface area contributed by atoms with Crippen molar-refractivity contribution in [3.05, 3.63) is 29.3 Å². The van der Waals surface area contributed by atoms with Crippen LogP contribution in [0, 0.1) is 0 Å². The lowest BCUT2D eigenvalue weighted by molar-refractivity contribution is 0.141. The van der Waals surface area contributed by atoms with Crippen LogP contribution in [0.4, 0.5) is 0 Å². The van der Waals surface area contributed by atoms with Gasteiger partial charge in [0.2, 0.25) is 0 Å². The maximum absolute atomic E-state index is 9.72. The van der Waals surface area contributed by atoms with Crippen LogP contribution in [-0.4, -0.2) is 24.4 Å². The van der Waals surface area contributed by atoms with Gasteiger partial charge in [0, 0.05) is 6.04 Å². The molecule has 0 aliphatic rings. The minimum absolute atomic E-state index is 0.173. The van der Waals surface area contributed by atoms with E-state index in [1.54, 1.807) is 7.11 Å². The highest BCUT2D eigenvalue weighted by atomic mass is 16.5. The van der Waals surface area contributed by atoms with E-state index < -0.39 is 6.10 Å². The third-order valence-corrected chi connectivity index (χ3v) is 3.25. The monoisotopic (exact) mass is 251 g/mol. The van der Waals surface area contributed by atoms with Gasteiger partial charge in [0.15, 0.2) is 0 Å². The molecule has 3 N–H and O–H groups in total. The van der Waals surface area contributed by atoms with Crippen LogP contribution in [0.15, 0.2) is 18.2 Å². The number of nitrogens with two attached hydrogens (primary N) is 1. The second kappa shape index (κ2) is 6.76. The van der Waals surface area contributed by atoms with Crippen LogP contribution in [0.3, 0.4) is 0 Å². The maximum atomic E-state index is 9.72. The van der Waals surface area contributed by atoms with Crippen LogP contribution >= 0.6 is 0 Å². The fourth-order valence-corrected chi connectivity index (χ4v) is 1.97. The van der Waals surface area contributed by atoms with Crippen molar-refractivity contribution < 1.29 is 9.84 Å². The minimum atomic E-state index is -0.436. The molecule has 1 rings (SSSR count). The third kappa shape index (κ3) is 4.00. The molecule has 0 aliphatic heterocycles. The molecule has 0 heterocycles. The lowest BCUT2D eigenvalue weighted by atomic mass is 9.96. The molecule has 1 aromatic carbocycles. The summed E-state index contributed by atoms with van der Waals surface area (Å²) in [5.74, 6) is 1.36. The van der Waals surface area contributed by atoms with Gasteiger partial charge in [-0.2, -0.15) is 0 Å². The third-order valence-electron chi connectivity index (χ3n) is 3.25. The van der Waals surface area contributed by atoms with Gasteiger partial charge < -0.3 is 15.6 Å². The summed E-state index contributed by atoms with van der Waals surface area (Å²) in [6, 6.07) is 6.05. The number of hydrogen-bond acceptors (Lipinski definition) is 3. The molecule has 3 heteroatoms. The van der Waals surface area contributed by atoms with Crippen LogP contribution in [-0.2, 0) is 6.42 Å². The summed E-state index contributed by atoms with van der Waals surface area (Å²) in [7, 11) is 1.70. The highest BCUT2D eigenvalue weighted by molar-refractivity contribution is 5.39. The van der Waals surface area contributed by atoms with Gasteiger partial charge in [0.05, 0.1) is 13.2 Å². The molecule has 0 aromatic heterocycles. The van der Waals surface area contributed by atoms with E-state index in [1.807, 2.05) is 13.0 Å². The van der Waals surface area contributed by atoms with Gasteiger partial charge in [-0.1, -0.05) is 26.0 Å². The first-order valence-electron chi connectivity index (χ1n) is 6.56. The fourth-order valence-electron chi connectivity index (χ4n) is 1.97. The smallest absolute Gasteiger partial charge is 0.122 e. The standard InChI is InChI=1S/C15H25NO2/c1-10(2)13-9-12(6-8-15(13)18-4)5-7-14(17)11(3)16/h6,8-11,14,17H,5,7,16H2,1-4H3. The van der Waals surface area contributed by atoms with E-state index in [4.69, 9.17) is 10.5 Å². The van der Waals surface area contributed by atoms with E-state index in [-0.39, 0.29) is 6.04 Å². The number of ether oxygens (including phenoxy) is 1. The van der Waals surface area contributed by atoms with Gasteiger partial charge in [-0.05, 0) is 42.9 Å². The number of aliphatic hydroxyl groups is 1. The summed E-state index contributed by atoms with van der Waals surface area (Å²) < 4.78 is 5.36. The van der Waals surface area contributed by atoms with Crippen molar-refractivity contribution >= 4 is 0 Å². The molecule has 0 fully saturated rings. The molecule has 0 saturated heterocycles. The quantitative estimate of drug-likeness (QED) is 0.816. The zero-order valence-corrected chi connectivity index (χ0v) is 11.8. The second-order valence-electron chi connectivity index (χ2n) is 5.20. The summed E-state index contributed by atoms with van der Waals surface area (Å²) >= 11 is 0. The molecule has 102 valence electrons. The van der Waals surface area contributed by atoms with Gasteiger partial charge in [-0.15, -0.1) is 0 Å². The molecule has 0 spiro atoms.